The zero-order chi connectivity index (χ0) is 16.8. The van der Waals surface area contributed by atoms with Crippen LogP contribution < -0.4 is 0 Å². The summed E-state index contributed by atoms with van der Waals surface area (Å²) in [4.78, 5) is 0. The van der Waals surface area contributed by atoms with Crippen LogP contribution in [0.15, 0.2) is 35.5 Å². The van der Waals surface area contributed by atoms with E-state index in [1.807, 2.05) is 12.2 Å². The van der Waals surface area contributed by atoms with Crippen molar-refractivity contribution in [3.05, 3.63) is 35.5 Å². The maximum absolute atomic E-state index is 10.5. The van der Waals surface area contributed by atoms with Crippen molar-refractivity contribution in [3.8, 4) is 0 Å². The van der Waals surface area contributed by atoms with Crippen LogP contribution in [0.25, 0.3) is 0 Å². The molecule has 0 saturated heterocycles. The van der Waals surface area contributed by atoms with E-state index in [-0.39, 0.29) is 0 Å². The number of hydrogen-bond acceptors (Lipinski definition) is 2. The monoisotopic (exact) mass is 306 g/mol. The Kier molecular flexibility index (Phi) is 7.58. The third kappa shape index (κ3) is 7.42. The Morgan fingerprint density at radius 3 is 2.50 bits per heavy atom. The van der Waals surface area contributed by atoms with Crippen molar-refractivity contribution in [2.24, 2.45) is 11.8 Å². The Morgan fingerprint density at radius 2 is 1.86 bits per heavy atom. The van der Waals surface area contributed by atoms with Gasteiger partial charge in [0.1, 0.15) is 0 Å². The largest absolute Gasteiger partial charge is 0.389 e. The number of aliphatic hydroxyl groups excluding tert-OH is 1. The molecule has 126 valence electrons. The van der Waals surface area contributed by atoms with Crippen molar-refractivity contribution in [3.63, 3.8) is 0 Å². The first kappa shape index (κ1) is 19.2. The third-order valence-electron chi connectivity index (χ3n) is 4.56. The third-order valence-corrected chi connectivity index (χ3v) is 4.56. The Balaban J connectivity index is 2.97. The van der Waals surface area contributed by atoms with E-state index in [0.717, 1.165) is 25.7 Å². The highest BCUT2D eigenvalue weighted by Gasteiger charge is 2.21. The minimum absolute atomic E-state index is 0.348. The molecule has 1 rings (SSSR count). The predicted molar refractivity (Wildman–Crippen MR) is 94.7 cm³/mol. The SMILES string of the molecule is C/C1=C\C(O)CC(C)(O)/C=C/C(C(C)C)CC/C(C)=C/CC1. The minimum atomic E-state index is -0.960. The maximum atomic E-state index is 10.5. The number of hydrogen-bond donors (Lipinski definition) is 2. The molecule has 0 amide bonds. The van der Waals surface area contributed by atoms with Gasteiger partial charge in [-0.3, -0.25) is 0 Å². The van der Waals surface area contributed by atoms with E-state index in [9.17, 15) is 10.2 Å². The summed E-state index contributed by atoms with van der Waals surface area (Å²) < 4.78 is 0. The fraction of sp³-hybridized carbons (Fsp3) is 0.700. The van der Waals surface area contributed by atoms with Crippen LogP contribution >= 0.6 is 0 Å². The van der Waals surface area contributed by atoms with Crippen molar-refractivity contribution in [1.82, 2.24) is 0 Å². The Labute approximate surface area is 136 Å². The molecule has 0 aromatic rings. The summed E-state index contributed by atoms with van der Waals surface area (Å²) in [5, 5.41) is 20.7. The molecule has 0 aliphatic heterocycles. The lowest BCUT2D eigenvalue weighted by molar-refractivity contribution is 0.0565. The minimum Gasteiger partial charge on any atom is -0.389 e. The summed E-state index contributed by atoms with van der Waals surface area (Å²) in [5.74, 6) is 1.02. The second kappa shape index (κ2) is 8.69. The molecule has 3 unspecified atom stereocenters. The second-order valence-corrected chi connectivity index (χ2v) is 7.54. The molecule has 1 aliphatic rings. The summed E-state index contributed by atoms with van der Waals surface area (Å²) in [7, 11) is 0. The van der Waals surface area contributed by atoms with Crippen LogP contribution in [0.4, 0.5) is 0 Å². The second-order valence-electron chi connectivity index (χ2n) is 7.54. The van der Waals surface area contributed by atoms with Crippen LogP contribution in [0.2, 0.25) is 0 Å². The quantitative estimate of drug-likeness (QED) is 0.684. The fourth-order valence-corrected chi connectivity index (χ4v) is 2.99. The molecule has 3 atom stereocenters. The van der Waals surface area contributed by atoms with Gasteiger partial charge in [-0.1, -0.05) is 49.3 Å². The van der Waals surface area contributed by atoms with Gasteiger partial charge in [-0.15, -0.1) is 0 Å². The summed E-state index contributed by atoms with van der Waals surface area (Å²) in [5.41, 5.74) is 1.67. The lowest BCUT2D eigenvalue weighted by Crippen LogP contribution is -2.27. The smallest absolute Gasteiger partial charge is 0.0827 e. The predicted octanol–water partition coefficient (Wildman–Crippen LogP) is 4.78. The van der Waals surface area contributed by atoms with E-state index in [0.29, 0.717) is 18.3 Å². The highest BCUT2D eigenvalue weighted by atomic mass is 16.3. The number of aliphatic hydroxyl groups is 2. The van der Waals surface area contributed by atoms with Crippen LogP contribution in [-0.2, 0) is 0 Å². The van der Waals surface area contributed by atoms with E-state index in [1.54, 1.807) is 6.92 Å². The molecule has 0 aromatic heterocycles. The van der Waals surface area contributed by atoms with Gasteiger partial charge >= 0.3 is 0 Å². The molecule has 0 radical (unpaired) electrons. The van der Waals surface area contributed by atoms with Crippen molar-refractivity contribution >= 4 is 0 Å². The van der Waals surface area contributed by atoms with Gasteiger partial charge in [0.25, 0.3) is 0 Å². The first-order chi connectivity index (χ1) is 10.2. The molecule has 0 bridgehead atoms. The Morgan fingerprint density at radius 1 is 1.18 bits per heavy atom. The van der Waals surface area contributed by atoms with E-state index in [4.69, 9.17) is 0 Å². The molecule has 2 heteroatoms. The van der Waals surface area contributed by atoms with Crippen LogP contribution in [0.3, 0.4) is 0 Å². The average molecular weight is 306 g/mol. The summed E-state index contributed by atoms with van der Waals surface area (Å²) in [6.45, 7) is 10.5. The van der Waals surface area contributed by atoms with Gasteiger partial charge < -0.3 is 10.2 Å². The van der Waals surface area contributed by atoms with E-state index in [1.165, 1.54) is 11.1 Å². The summed E-state index contributed by atoms with van der Waals surface area (Å²) >= 11 is 0. The number of rotatable bonds is 1. The average Bonchev–Trinajstić information content (AvgIpc) is 2.36. The van der Waals surface area contributed by atoms with Gasteiger partial charge in [-0.05, 0) is 58.3 Å². The van der Waals surface area contributed by atoms with Crippen LogP contribution in [0.1, 0.15) is 66.7 Å². The van der Waals surface area contributed by atoms with E-state index in [2.05, 4.69) is 39.8 Å². The maximum Gasteiger partial charge on any atom is 0.0827 e. The van der Waals surface area contributed by atoms with Gasteiger partial charge in [0.2, 0.25) is 0 Å². The molecular weight excluding hydrogens is 272 g/mol. The molecular formula is C20H34O2. The molecule has 22 heavy (non-hydrogen) atoms. The first-order valence-corrected chi connectivity index (χ1v) is 8.62. The lowest BCUT2D eigenvalue weighted by Gasteiger charge is -2.24. The first-order valence-electron chi connectivity index (χ1n) is 8.62. The molecule has 1 aliphatic carbocycles. The molecule has 2 nitrogen and oxygen atoms in total. The normalized spacial score (nSPS) is 38.5. The van der Waals surface area contributed by atoms with Gasteiger partial charge in [-0.25, -0.2) is 0 Å². The van der Waals surface area contributed by atoms with Crippen molar-refractivity contribution in [1.29, 1.82) is 0 Å². The van der Waals surface area contributed by atoms with E-state index >= 15 is 0 Å². The summed E-state index contributed by atoms with van der Waals surface area (Å²) in [6, 6.07) is 0. The van der Waals surface area contributed by atoms with Crippen LogP contribution in [0.5, 0.6) is 0 Å². The van der Waals surface area contributed by atoms with Gasteiger partial charge in [-0.2, -0.15) is 0 Å². The van der Waals surface area contributed by atoms with Crippen molar-refractivity contribution in [2.75, 3.05) is 0 Å². The van der Waals surface area contributed by atoms with Crippen molar-refractivity contribution < 1.29 is 10.2 Å². The molecule has 2 N–H and O–H groups in total. The molecule has 0 heterocycles. The molecule has 0 saturated carbocycles. The van der Waals surface area contributed by atoms with Gasteiger partial charge in [0.05, 0.1) is 11.7 Å². The molecule has 0 spiro atoms. The lowest BCUT2D eigenvalue weighted by atomic mass is 9.86. The molecule has 0 fully saturated rings. The van der Waals surface area contributed by atoms with Gasteiger partial charge in [0, 0.05) is 6.42 Å². The zero-order valence-electron chi connectivity index (χ0n) is 15.0. The highest BCUT2D eigenvalue weighted by Crippen LogP contribution is 2.25. The Bertz CT molecular complexity index is 427. The fourth-order valence-electron chi connectivity index (χ4n) is 2.99. The number of allylic oxidation sites excluding steroid dienone is 4. The van der Waals surface area contributed by atoms with Crippen LogP contribution in [0, 0.1) is 11.8 Å². The van der Waals surface area contributed by atoms with Crippen molar-refractivity contribution in [2.45, 2.75) is 78.4 Å². The standard InChI is InChI=1S/C20H34O2/c1-15(2)18-10-9-16(3)7-6-8-17(4)13-19(21)14-20(5,22)12-11-18/h7,11-13,15,18-19,21-22H,6,8-10,14H2,1-5H3/b12-11+,16-7+,17-13+. The zero-order valence-corrected chi connectivity index (χ0v) is 15.0. The van der Waals surface area contributed by atoms with Crippen LogP contribution in [-0.4, -0.2) is 21.9 Å². The molecule has 0 aromatic carbocycles. The van der Waals surface area contributed by atoms with Gasteiger partial charge in [0.15, 0.2) is 0 Å². The topological polar surface area (TPSA) is 40.5 Å². The Hall–Kier alpha value is -0.860. The van der Waals surface area contributed by atoms with E-state index < -0.39 is 11.7 Å². The summed E-state index contributed by atoms with van der Waals surface area (Å²) in [6.07, 6.45) is 12.2. The highest BCUT2D eigenvalue weighted by molar-refractivity contribution is 5.10.